The van der Waals surface area contributed by atoms with Crippen molar-refractivity contribution in [1.29, 1.82) is 0 Å². The Morgan fingerprint density at radius 3 is 2.41 bits per heavy atom. The van der Waals surface area contributed by atoms with Crippen LogP contribution < -0.4 is 0 Å². The standard InChI is InChI=1S/C31H35N3O4S/c1-5-18-32(28(35)15-8-22-6-13-25(14-7-22)34(37)38)21-29(36)33-19-16-27-26(17-20-39-27)30(33)23-9-11-24(12-10-23)31(2,3)4/h6-15,17,20,30H,5,16,18-19,21H2,1-4H3/b15-8+. The molecule has 0 bridgehead atoms. The van der Waals surface area contributed by atoms with E-state index in [4.69, 9.17) is 0 Å². The molecule has 1 aliphatic heterocycles. The van der Waals surface area contributed by atoms with Gasteiger partial charge in [-0.2, -0.15) is 0 Å². The van der Waals surface area contributed by atoms with Crippen molar-refractivity contribution < 1.29 is 14.5 Å². The molecule has 0 N–H and O–H groups in total. The lowest BCUT2D eigenvalue weighted by Crippen LogP contribution is -2.46. The van der Waals surface area contributed by atoms with Gasteiger partial charge in [0, 0.05) is 36.2 Å². The van der Waals surface area contributed by atoms with Crippen LogP contribution >= 0.6 is 11.3 Å². The number of non-ortho nitro benzene ring substituents is 1. The van der Waals surface area contributed by atoms with Gasteiger partial charge < -0.3 is 9.80 Å². The topological polar surface area (TPSA) is 83.8 Å². The normalized spacial score (nSPS) is 15.3. The van der Waals surface area contributed by atoms with Crippen molar-refractivity contribution in [3.63, 3.8) is 0 Å². The van der Waals surface area contributed by atoms with E-state index in [9.17, 15) is 19.7 Å². The van der Waals surface area contributed by atoms with Crippen LogP contribution in [-0.4, -0.2) is 46.2 Å². The number of hydrogen-bond donors (Lipinski definition) is 0. The van der Waals surface area contributed by atoms with Crippen molar-refractivity contribution in [3.05, 3.63) is 103 Å². The molecular weight excluding hydrogens is 510 g/mol. The van der Waals surface area contributed by atoms with Gasteiger partial charge in [-0.05, 0) is 70.2 Å². The highest BCUT2D eigenvalue weighted by molar-refractivity contribution is 7.10. The zero-order valence-electron chi connectivity index (χ0n) is 22.9. The number of rotatable bonds is 8. The molecule has 1 aliphatic rings. The summed E-state index contributed by atoms with van der Waals surface area (Å²) in [6.45, 7) is 9.58. The molecule has 3 aromatic rings. The molecule has 7 nitrogen and oxygen atoms in total. The lowest BCUT2D eigenvalue weighted by atomic mass is 9.85. The van der Waals surface area contributed by atoms with Crippen LogP contribution in [0, 0.1) is 10.1 Å². The maximum Gasteiger partial charge on any atom is 0.269 e. The first-order chi connectivity index (χ1) is 18.6. The third-order valence-corrected chi connectivity index (χ3v) is 8.03. The molecule has 2 aromatic carbocycles. The van der Waals surface area contributed by atoms with Crippen molar-refractivity contribution in [2.45, 2.75) is 52.0 Å². The summed E-state index contributed by atoms with van der Waals surface area (Å²) < 4.78 is 0. The predicted octanol–water partition coefficient (Wildman–Crippen LogP) is 6.38. The maximum absolute atomic E-state index is 13.8. The van der Waals surface area contributed by atoms with Crippen LogP contribution in [0.3, 0.4) is 0 Å². The molecule has 8 heteroatoms. The fourth-order valence-corrected chi connectivity index (χ4v) is 5.79. The zero-order chi connectivity index (χ0) is 28.2. The number of thiophene rings is 1. The molecule has 0 radical (unpaired) electrons. The van der Waals surface area contributed by atoms with E-state index < -0.39 is 4.92 Å². The molecule has 0 spiro atoms. The summed E-state index contributed by atoms with van der Waals surface area (Å²) in [6, 6.07) is 16.5. The van der Waals surface area contributed by atoms with Gasteiger partial charge in [-0.3, -0.25) is 19.7 Å². The minimum atomic E-state index is -0.459. The van der Waals surface area contributed by atoms with Crippen molar-refractivity contribution in [3.8, 4) is 0 Å². The van der Waals surface area contributed by atoms with Crippen molar-refractivity contribution >= 4 is 34.9 Å². The molecule has 0 saturated carbocycles. The maximum atomic E-state index is 13.8. The number of nitro groups is 1. The molecule has 39 heavy (non-hydrogen) atoms. The summed E-state index contributed by atoms with van der Waals surface area (Å²) in [5.41, 5.74) is 4.18. The summed E-state index contributed by atoms with van der Waals surface area (Å²) in [5, 5.41) is 13.0. The Bertz CT molecular complexity index is 1350. The summed E-state index contributed by atoms with van der Waals surface area (Å²) in [4.78, 5) is 42.1. The van der Waals surface area contributed by atoms with Crippen molar-refractivity contribution in [2.75, 3.05) is 19.6 Å². The Labute approximate surface area is 233 Å². The Kier molecular flexibility index (Phi) is 8.65. The molecular formula is C31H35N3O4S. The first-order valence-electron chi connectivity index (χ1n) is 13.3. The monoisotopic (exact) mass is 545 g/mol. The van der Waals surface area contributed by atoms with E-state index >= 15 is 0 Å². The Morgan fingerprint density at radius 2 is 1.79 bits per heavy atom. The zero-order valence-corrected chi connectivity index (χ0v) is 23.7. The molecule has 0 fully saturated rings. The molecule has 1 unspecified atom stereocenters. The second-order valence-corrected chi connectivity index (χ2v) is 11.9. The molecule has 204 valence electrons. The molecule has 0 saturated heterocycles. The van der Waals surface area contributed by atoms with Gasteiger partial charge in [0.15, 0.2) is 0 Å². The van der Waals surface area contributed by atoms with Crippen LogP contribution in [0.5, 0.6) is 0 Å². The molecule has 1 atom stereocenters. The number of carbonyl (C=O) groups is 2. The second kappa shape index (κ2) is 11.9. The van der Waals surface area contributed by atoms with Gasteiger partial charge in [-0.15, -0.1) is 11.3 Å². The number of nitrogens with zero attached hydrogens (tertiary/aromatic N) is 3. The minimum absolute atomic E-state index is 0.00501. The predicted molar refractivity (Wildman–Crippen MR) is 156 cm³/mol. The average molecular weight is 546 g/mol. The molecule has 4 rings (SSSR count). The van der Waals surface area contributed by atoms with E-state index in [1.54, 1.807) is 34.4 Å². The lowest BCUT2D eigenvalue weighted by molar-refractivity contribution is -0.384. The molecule has 1 aromatic heterocycles. The average Bonchev–Trinajstić information content (AvgIpc) is 3.39. The summed E-state index contributed by atoms with van der Waals surface area (Å²) in [7, 11) is 0. The van der Waals surface area contributed by atoms with Gasteiger partial charge in [0.05, 0.1) is 11.0 Å². The molecule has 2 heterocycles. The van der Waals surface area contributed by atoms with Gasteiger partial charge in [0.25, 0.3) is 5.69 Å². The van der Waals surface area contributed by atoms with E-state index in [0.29, 0.717) is 18.7 Å². The number of nitro benzene ring substituents is 1. The van der Waals surface area contributed by atoms with Crippen LogP contribution in [0.4, 0.5) is 5.69 Å². The Hall–Kier alpha value is -3.78. The SMILES string of the molecule is CCCN(CC(=O)N1CCc2sccc2C1c1ccc(C(C)(C)C)cc1)C(=O)/C=C/c1ccc([N+](=O)[O-])cc1. The molecule has 0 aliphatic carbocycles. The van der Waals surface area contributed by atoms with Gasteiger partial charge in [0.1, 0.15) is 6.54 Å². The highest BCUT2D eigenvalue weighted by atomic mass is 32.1. The fraction of sp³-hybridized carbons (Fsp3) is 0.355. The number of hydrogen-bond acceptors (Lipinski definition) is 5. The van der Waals surface area contributed by atoms with Crippen LogP contribution in [0.25, 0.3) is 6.08 Å². The third-order valence-electron chi connectivity index (χ3n) is 7.03. The lowest BCUT2D eigenvalue weighted by Gasteiger charge is -2.37. The summed E-state index contributed by atoms with van der Waals surface area (Å²) in [5.74, 6) is -0.342. The van der Waals surface area contributed by atoms with E-state index in [1.165, 1.54) is 28.6 Å². The van der Waals surface area contributed by atoms with E-state index in [-0.39, 0.29) is 35.5 Å². The van der Waals surface area contributed by atoms with E-state index in [1.807, 2.05) is 11.8 Å². The number of fused-ring (bicyclic) bond motifs is 1. The fourth-order valence-electron chi connectivity index (χ4n) is 4.88. The first kappa shape index (κ1) is 28.2. The van der Waals surface area contributed by atoms with Gasteiger partial charge in [-0.1, -0.05) is 52.0 Å². The summed E-state index contributed by atoms with van der Waals surface area (Å²) in [6.07, 6.45) is 4.57. The van der Waals surface area contributed by atoms with Crippen molar-refractivity contribution in [2.24, 2.45) is 0 Å². The smallest absolute Gasteiger partial charge is 0.269 e. The summed E-state index contributed by atoms with van der Waals surface area (Å²) >= 11 is 1.73. The second-order valence-electron chi connectivity index (χ2n) is 10.9. The highest BCUT2D eigenvalue weighted by Gasteiger charge is 2.34. The van der Waals surface area contributed by atoms with Crippen LogP contribution in [0.2, 0.25) is 0 Å². The van der Waals surface area contributed by atoms with Crippen LogP contribution in [0.15, 0.2) is 66.1 Å². The van der Waals surface area contributed by atoms with E-state index in [0.717, 1.165) is 24.0 Å². The van der Waals surface area contributed by atoms with Crippen LogP contribution in [-0.2, 0) is 21.4 Å². The first-order valence-corrected chi connectivity index (χ1v) is 14.1. The van der Waals surface area contributed by atoms with Crippen LogP contribution in [0.1, 0.15) is 67.3 Å². The number of benzene rings is 2. The number of amides is 2. The number of carbonyl (C=O) groups excluding carboxylic acids is 2. The van der Waals surface area contributed by atoms with Gasteiger partial charge in [0.2, 0.25) is 11.8 Å². The quantitative estimate of drug-likeness (QED) is 0.187. The highest BCUT2D eigenvalue weighted by Crippen LogP contribution is 2.38. The third kappa shape index (κ3) is 6.63. The van der Waals surface area contributed by atoms with Gasteiger partial charge >= 0.3 is 0 Å². The van der Waals surface area contributed by atoms with E-state index in [2.05, 4.69) is 56.5 Å². The minimum Gasteiger partial charge on any atom is -0.330 e. The Morgan fingerprint density at radius 1 is 1.10 bits per heavy atom. The van der Waals surface area contributed by atoms with Crippen molar-refractivity contribution in [1.82, 2.24) is 9.80 Å². The van der Waals surface area contributed by atoms with Gasteiger partial charge in [-0.25, -0.2) is 0 Å². The largest absolute Gasteiger partial charge is 0.330 e. The Balaban J connectivity index is 1.54. The molecule has 2 amide bonds.